The first-order chi connectivity index (χ1) is 9.17. The fourth-order valence-electron chi connectivity index (χ4n) is 4.44. The van der Waals surface area contributed by atoms with Gasteiger partial charge in [0.2, 0.25) is 0 Å². The lowest BCUT2D eigenvalue weighted by atomic mass is 9.67. The van der Waals surface area contributed by atoms with Crippen molar-refractivity contribution in [1.82, 2.24) is 0 Å². The van der Waals surface area contributed by atoms with E-state index >= 15 is 0 Å². The topological polar surface area (TPSA) is 0 Å². The van der Waals surface area contributed by atoms with Crippen molar-refractivity contribution in [3.63, 3.8) is 0 Å². The van der Waals surface area contributed by atoms with Crippen molar-refractivity contribution in [2.24, 2.45) is 17.8 Å². The first-order valence-electron chi connectivity index (χ1n) is 8.85. The number of rotatable bonds is 5. The highest BCUT2D eigenvalue weighted by atomic mass is 19.1. The van der Waals surface area contributed by atoms with Crippen LogP contribution in [0.4, 0.5) is 4.39 Å². The van der Waals surface area contributed by atoms with Crippen LogP contribution in [0.15, 0.2) is 0 Å². The second-order valence-electron chi connectivity index (χ2n) is 7.28. The van der Waals surface area contributed by atoms with E-state index in [1.54, 1.807) is 0 Å². The van der Waals surface area contributed by atoms with E-state index in [0.29, 0.717) is 0 Å². The van der Waals surface area contributed by atoms with E-state index in [0.717, 1.165) is 49.9 Å². The van der Waals surface area contributed by atoms with Gasteiger partial charge in [-0.3, -0.25) is 0 Å². The highest BCUT2D eigenvalue weighted by molar-refractivity contribution is 4.89. The monoisotopic (exact) mass is 268 g/mol. The summed E-state index contributed by atoms with van der Waals surface area (Å²) in [7, 11) is 0. The van der Waals surface area contributed by atoms with E-state index in [2.05, 4.69) is 13.8 Å². The summed E-state index contributed by atoms with van der Waals surface area (Å²) in [4.78, 5) is 0. The summed E-state index contributed by atoms with van der Waals surface area (Å²) in [6.45, 7) is 4.50. The van der Waals surface area contributed by atoms with Gasteiger partial charge in [0.1, 0.15) is 5.67 Å². The minimum atomic E-state index is -0.798. The first-order valence-corrected chi connectivity index (χ1v) is 8.85. The Bertz CT molecular complexity index is 244. The lowest BCUT2D eigenvalue weighted by molar-refractivity contribution is 0.0462. The van der Waals surface area contributed by atoms with Crippen LogP contribution in [-0.2, 0) is 0 Å². The number of alkyl halides is 1. The van der Waals surface area contributed by atoms with Crippen molar-refractivity contribution in [3.05, 3.63) is 0 Å². The van der Waals surface area contributed by atoms with Crippen molar-refractivity contribution in [2.75, 3.05) is 0 Å². The third kappa shape index (κ3) is 4.20. The Morgan fingerprint density at radius 1 is 0.895 bits per heavy atom. The molecule has 0 unspecified atom stereocenters. The van der Waals surface area contributed by atoms with Crippen LogP contribution in [-0.4, -0.2) is 5.67 Å². The van der Waals surface area contributed by atoms with Gasteiger partial charge in [-0.25, -0.2) is 4.39 Å². The number of unbranched alkanes of at least 4 members (excludes halogenated alkanes) is 1. The Kier molecular flexibility index (Phi) is 5.71. The van der Waals surface area contributed by atoms with E-state index < -0.39 is 5.67 Å². The van der Waals surface area contributed by atoms with Crippen LogP contribution in [0.25, 0.3) is 0 Å². The zero-order valence-corrected chi connectivity index (χ0v) is 13.1. The molecule has 112 valence electrons. The molecule has 2 aliphatic carbocycles. The molecule has 0 nitrogen and oxygen atoms in total. The molecule has 0 atom stereocenters. The summed E-state index contributed by atoms with van der Waals surface area (Å²) in [6.07, 6.45) is 14.2. The average Bonchev–Trinajstić information content (AvgIpc) is 2.46. The van der Waals surface area contributed by atoms with Gasteiger partial charge in [-0.2, -0.15) is 0 Å². The van der Waals surface area contributed by atoms with Gasteiger partial charge in [-0.15, -0.1) is 0 Å². The molecule has 0 bridgehead atoms. The maximum absolute atomic E-state index is 14.6. The lowest BCUT2D eigenvalue weighted by Gasteiger charge is -2.40. The predicted molar refractivity (Wildman–Crippen MR) is 81.1 cm³/mol. The molecule has 0 saturated heterocycles. The Labute approximate surface area is 119 Å². The third-order valence-electron chi connectivity index (χ3n) is 6.04. The molecule has 0 amide bonds. The van der Waals surface area contributed by atoms with Crippen LogP contribution in [0.3, 0.4) is 0 Å². The number of hydrogen-bond donors (Lipinski definition) is 0. The summed E-state index contributed by atoms with van der Waals surface area (Å²) in [5.74, 6) is 2.77. The van der Waals surface area contributed by atoms with Crippen LogP contribution in [0.5, 0.6) is 0 Å². The summed E-state index contributed by atoms with van der Waals surface area (Å²) in [5, 5.41) is 0. The zero-order chi connectivity index (χ0) is 13.7. The van der Waals surface area contributed by atoms with Crippen molar-refractivity contribution >= 4 is 0 Å². The minimum absolute atomic E-state index is 0.798. The summed E-state index contributed by atoms with van der Waals surface area (Å²) >= 11 is 0. The van der Waals surface area contributed by atoms with Gasteiger partial charge in [0, 0.05) is 0 Å². The Morgan fingerprint density at radius 3 is 2.00 bits per heavy atom. The van der Waals surface area contributed by atoms with Gasteiger partial charge >= 0.3 is 0 Å². The van der Waals surface area contributed by atoms with Crippen LogP contribution in [0.1, 0.15) is 90.9 Å². The molecule has 0 N–H and O–H groups in total. The molecule has 19 heavy (non-hydrogen) atoms. The summed E-state index contributed by atoms with van der Waals surface area (Å²) in [5.41, 5.74) is -0.798. The fraction of sp³-hybridized carbons (Fsp3) is 1.00. The molecule has 0 spiro atoms. The molecule has 2 aliphatic rings. The lowest BCUT2D eigenvalue weighted by Crippen LogP contribution is -2.33. The van der Waals surface area contributed by atoms with Gasteiger partial charge in [-0.1, -0.05) is 46.0 Å². The third-order valence-corrected chi connectivity index (χ3v) is 6.04. The molecule has 0 aromatic heterocycles. The maximum atomic E-state index is 14.6. The molecule has 0 aromatic rings. The maximum Gasteiger partial charge on any atom is 0.111 e. The van der Waals surface area contributed by atoms with Crippen LogP contribution in [0, 0.1) is 17.8 Å². The second-order valence-corrected chi connectivity index (χ2v) is 7.28. The largest absolute Gasteiger partial charge is 0.244 e. The predicted octanol–water partition coefficient (Wildman–Crippen LogP) is 6.29. The molecule has 0 aromatic carbocycles. The van der Waals surface area contributed by atoms with Gasteiger partial charge in [0.25, 0.3) is 0 Å². The SMILES string of the molecule is CCCCC1(F)CCC([C@H]2CC[C@H](CC)CC2)CC1. The van der Waals surface area contributed by atoms with E-state index in [-0.39, 0.29) is 0 Å². The first kappa shape index (κ1) is 15.3. The van der Waals surface area contributed by atoms with Crippen LogP contribution in [0.2, 0.25) is 0 Å². The molecule has 2 rings (SSSR count). The number of halogens is 1. The van der Waals surface area contributed by atoms with E-state index in [9.17, 15) is 4.39 Å². The Hall–Kier alpha value is -0.0700. The molecular weight excluding hydrogens is 235 g/mol. The normalized spacial score (nSPS) is 40.3. The number of hydrogen-bond acceptors (Lipinski definition) is 0. The molecule has 0 heterocycles. The summed E-state index contributed by atoms with van der Waals surface area (Å²) < 4.78 is 14.6. The van der Waals surface area contributed by atoms with Crippen LogP contribution < -0.4 is 0 Å². The highest BCUT2D eigenvalue weighted by Crippen LogP contribution is 2.45. The quantitative estimate of drug-likeness (QED) is 0.549. The van der Waals surface area contributed by atoms with Gasteiger partial charge < -0.3 is 0 Å². The molecular formula is C18H33F. The van der Waals surface area contributed by atoms with Gasteiger partial charge in [0.05, 0.1) is 0 Å². The van der Waals surface area contributed by atoms with Crippen molar-refractivity contribution in [1.29, 1.82) is 0 Å². The van der Waals surface area contributed by atoms with Crippen molar-refractivity contribution in [3.8, 4) is 0 Å². The van der Waals surface area contributed by atoms with E-state index in [1.807, 2.05) is 0 Å². The fourth-order valence-corrected chi connectivity index (χ4v) is 4.44. The van der Waals surface area contributed by atoms with Crippen LogP contribution >= 0.6 is 0 Å². The molecule has 0 radical (unpaired) electrons. The van der Waals surface area contributed by atoms with E-state index in [1.165, 1.54) is 44.9 Å². The highest BCUT2D eigenvalue weighted by Gasteiger charge is 2.37. The van der Waals surface area contributed by atoms with E-state index in [4.69, 9.17) is 0 Å². The summed E-state index contributed by atoms with van der Waals surface area (Å²) in [6, 6.07) is 0. The van der Waals surface area contributed by atoms with Crippen molar-refractivity contribution < 1.29 is 4.39 Å². The second kappa shape index (κ2) is 7.09. The van der Waals surface area contributed by atoms with Crippen molar-refractivity contribution in [2.45, 2.75) is 96.6 Å². The molecule has 2 saturated carbocycles. The smallest absolute Gasteiger partial charge is 0.111 e. The molecule has 2 fully saturated rings. The molecule has 1 heteroatoms. The molecule has 0 aliphatic heterocycles. The van der Waals surface area contributed by atoms with Gasteiger partial charge in [0.15, 0.2) is 0 Å². The average molecular weight is 268 g/mol. The Morgan fingerprint density at radius 2 is 1.47 bits per heavy atom. The standard InChI is InChI=1S/C18H33F/c1-3-5-12-18(19)13-10-17(11-14-18)16-8-6-15(4-2)7-9-16/h15-17H,3-14H2,1-2H3/t15-,16-,17?,18?. The minimum Gasteiger partial charge on any atom is -0.244 e. The Balaban J connectivity index is 1.74. The zero-order valence-electron chi connectivity index (χ0n) is 13.1. The van der Waals surface area contributed by atoms with Gasteiger partial charge in [-0.05, 0) is 62.7 Å².